The van der Waals surface area contributed by atoms with Gasteiger partial charge in [0.05, 0.1) is 11.2 Å². The molecule has 0 spiro atoms. The van der Waals surface area contributed by atoms with Gasteiger partial charge in [-0.1, -0.05) is 57.5 Å². The molecule has 4 N–H and O–H groups in total. The topological polar surface area (TPSA) is 86.9 Å². The second-order valence-electron chi connectivity index (χ2n) is 4.11. The quantitative estimate of drug-likeness (QED) is 0.677. The third kappa shape index (κ3) is 5.59. The first-order chi connectivity index (χ1) is 12.2. The van der Waals surface area contributed by atoms with Gasteiger partial charge in [-0.05, 0) is 37.4 Å². The summed E-state index contributed by atoms with van der Waals surface area (Å²) in [6, 6.07) is 14.5. The number of rotatable bonds is 1. The van der Waals surface area contributed by atoms with E-state index < -0.39 is 5.69 Å². The van der Waals surface area contributed by atoms with Gasteiger partial charge in [-0.3, -0.25) is 4.57 Å². The molecule has 2 aromatic carbocycles. The molecular formula is C19H27ClN4O. The maximum Gasteiger partial charge on any atom is 0.354 e. The Labute approximate surface area is 154 Å². The summed E-state index contributed by atoms with van der Waals surface area (Å²) >= 11 is 6.01. The molecule has 5 nitrogen and oxygen atoms in total. The molecule has 0 bridgehead atoms. The van der Waals surface area contributed by atoms with Crippen molar-refractivity contribution in [3.8, 4) is 5.69 Å². The van der Waals surface area contributed by atoms with Gasteiger partial charge in [-0.15, -0.1) is 0 Å². The van der Waals surface area contributed by atoms with E-state index in [9.17, 15) is 4.79 Å². The van der Waals surface area contributed by atoms with E-state index in [1.54, 1.807) is 18.2 Å². The number of aromatic nitrogens is 2. The summed E-state index contributed by atoms with van der Waals surface area (Å²) in [5.74, 6) is 0.212. The highest BCUT2D eigenvalue weighted by Gasteiger charge is 2.10. The number of para-hydroxylation sites is 1. The van der Waals surface area contributed by atoms with Gasteiger partial charge < -0.3 is 11.5 Å². The molecule has 0 unspecified atom stereocenters. The number of nitrogens with zero attached hydrogens (tertiary/aromatic N) is 2. The van der Waals surface area contributed by atoms with Crippen LogP contribution in [0.4, 0.5) is 5.82 Å². The number of nitrogens with two attached hydrogens (primary N) is 2. The molecule has 0 aliphatic rings. The number of hydrogen-bond acceptors (Lipinski definition) is 4. The zero-order chi connectivity index (χ0) is 19.4. The molecule has 6 heteroatoms. The van der Waals surface area contributed by atoms with E-state index in [2.05, 4.69) is 10.7 Å². The van der Waals surface area contributed by atoms with Crippen molar-refractivity contribution in [1.82, 2.24) is 9.55 Å². The van der Waals surface area contributed by atoms with E-state index in [4.69, 9.17) is 17.3 Å². The van der Waals surface area contributed by atoms with E-state index in [0.717, 1.165) is 5.69 Å². The van der Waals surface area contributed by atoms with Crippen LogP contribution in [0.1, 0.15) is 27.7 Å². The fraction of sp³-hybridized carbons (Fsp3) is 0.263. The standard InChI is InChI=1S/C14H10ClN3O.2C2H6.CH5N/c15-9-6-7-11-12(8-9)18(14(19)17-13(11)16)10-4-2-1-3-5-10;3*1-2/h1-8H,(H2,16,17,19);2*1-2H3;2H2,1H3. The minimum atomic E-state index is -0.418. The van der Waals surface area contributed by atoms with Crippen LogP contribution in [0.15, 0.2) is 53.3 Å². The molecule has 0 radical (unpaired) electrons. The van der Waals surface area contributed by atoms with Crippen LogP contribution in [-0.4, -0.2) is 16.6 Å². The van der Waals surface area contributed by atoms with Gasteiger partial charge in [-0.2, -0.15) is 4.98 Å². The van der Waals surface area contributed by atoms with E-state index in [-0.39, 0.29) is 5.82 Å². The highest BCUT2D eigenvalue weighted by atomic mass is 35.5. The molecule has 136 valence electrons. The van der Waals surface area contributed by atoms with Crippen LogP contribution in [-0.2, 0) is 0 Å². The first kappa shape index (κ1) is 22.6. The summed E-state index contributed by atoms with van der Waals surface area (Å²) in [7, 11) is 1.50. The minimum Gasteiger partial charge on any atom is -0.383 e. The van der Waals surface area contributed by atoms with E-state index >= 15 is 0 Å². The number of hydrogen-bond donors (Lipinski definition) is 2. The van der Waals surface area contributed by atoms with Crippen molar-refractivity contribution in [2.45, 2.75) is 27.7 Å². The van der Waals surface area contributed by atoms with Crippen molar-refractivity contribution in [1.29, 1.82) is 0 Å². The summed E-state index contributed by atoms with van der Waals surface area (Å²) in [4.78, 5) is 15.9. The van der Waals surface area contributed by atoms with E-state index in [0.29, 0.717) is 15.9 Å². The van der Waals surface area contributed by atoms with Crippen molar-refractivity contribution in [2.75, 3.05) is 12.8 Å². The fourth-order valence-electron chi connectivity index (χ4n) is 2.05. The molecular weight excluding hydrogens is 336 g/mol. The van der Waals surface area contributed by atoms with Crippen molar-refractivity contribution in [3.05, 3.63) is 64.0 Å². The van der Waals surface area contributed by atoms with Gasteiger partial charge in [-0.25, -0.2) is 4.79 Å². The highest BCUT2D eigenvalue weighted by molar-refractivity contribution is 6.31. The lowest BCUT2D eigenvalue weighted by Gasteiger charge is -2.11. The van der Waals surface area contributed by atoms with Crippen molar-refractivity contribution in [2.24, 2.45) is 5.73 Å². The molecule has 1 heterocycles. The van der Waals surface area contributed by atoms with Gasteiger partial charge >= 0.3 is 5.69 Å². The average Bonchev–Trinajstić information content (AvgIpc) is 2.67. The molecule has 0 fully saturated rings. The number of fused-ring (bicyclic) bond motifs is 1. The van der Waals surface area contributed by atoms with Crippen molar-refractivity contribution in [3.63, 3.8) is 0 Å². The minimum absolute atomic E-state index is 0.212. The average molecular weight is 363 g/mol. The highest BCUT2D eigenvalue weighted by Crippen LogP contribution is 2.23. The van der Waals surface area contributed by atoms with E-state index in [1.807, 2.05) is 58.0 Å². The third-order valence-electron chi connectivity index (χ3n) is 2.90. The van der Waals surface area contributed by atoms with Gasteiger partial charge in [0.2, 0.25) is 0 Å². The smallest absolute Gasteiger partial charge is 0.354 e. The van der Waals surface area contributed by atoms with Gasteiger partial charge in [0.1, 0.15) is 5.82 Å². The lowest BCUT2D eigenvalue weighted by molar-refractivity contribution is 0.965. The predicted octanol–water partition coefficient (Wildman–Crippen LogP) is 4.25. The molecule has 3 aromatic rings. The maximum atomic E-state index is 12.1. The SMILES string of the molecule is CC.CC.CN.Nc1nc(=O)n(-c2ccccc2)c2cc(Cl)ccc12. The number of halogens is 1. The molecule has 0 saturated heterocycles. The monoisotopic (exact) mass is 362 g/mol. The Balaban J connectivity index is 0.000000871. The van der Waals surface area contributed by atoms with Gasteiger partial charge in [0, 0.05) is 10.4 Å². The first-order valence-electron chi connectivity index (χ1n) is 8.28. The van der Waals surface area contributed by atoms with Crippen LogP contribution in [0.3, 0.4) is 0 Å². The Morgan fingerprint density at radius 3 is 2.08 bits per heavy atom. The van der Waals surface area contributed by atoms with Crippen LogP contribution >= 0.6 is 11.6 Å². The second kappa shape index (κ2) is 12.1. The maximum absolute atomic E-state index is 12.1. The summed E-state index contributed by atoms with van der Waals surface area (Å²) in [5, 5.41) is 1.25. The van der Waals surface area contributed by atoms with Gasteiger partial charge in [0.25, 0.3) is 0 Å². The van der Waals surface area contributed by atoms with Crippen molar-refractivity contribution < 1.29 is 0 Å². The van der Waals surface area contributed by atoms with Crippen LogP contribution in [0, 0.1) is 0 Å². The zero-order valence-electron chi connectivity index (χ0n) is 15.5. The lowest BCUT2D eigenvalue weighted by atomic mass is 10.2. The Hall–Kier alpha value is -2.37. The van der Waals surface area contributed by atoms with Gasteiger partial charge in [0.15, 0.2) is 0 Å². The fourth-order valence-corrected chi connectivity index (χ4v) is 2.22. The predicted molar refractivity (Wildman–Crippen MR) is 110 cm³/mol. The Kier molecular flexibility index (Phi) is 10.9. The van der Waals surface area contributed by atoms with Crippen LogP contribution in [0.5, 0.6) is 0 Å². The molecule has 1 aromatic heterocycles. The van der Waals surface area contributed by atoms with Crippen LogP contribution < -0.4 is 17.2 Å². The summed E-state index contributed by atoms with van der Waals surface area (Å²) in [5.41, 5.74) is 11.2. The summed E-state index contributed by atoms with van der Waals surface area (Å²) in [6.07, 6.45) is 0. The summed E-state index contributed by atoms with van der Waals surface area (Å²) < 4.78 is 1.50. The molecule has 3 rings (SSSR count). The molecule has 0 amide bonds. The summed E-state index contributed by atoms with van der Waals surface area (Å²) in [6.45, 7) is 8.00. The Morgan fingerprint density at radius 1 is 0.960 bits per heavy atom. The first-order valence-corrected chi connectivity index (χ1v) is 8.65. The van der Waals surface area contributed by atoms with Crippen LogP contribution in [0.2, 0.25) is 5.02 Å². The number of anilines is 1. The van der Waals surface area contributed by atoms with Crippen molar-refractivity contribution >= 4 is 28.3 Å². The number of benzene rings is 2. The number of nitrogen functional groups attached to an aromatic ring is 1. The molecule has 0 atom stereocenters. The normalized spacial score (nSPS) is 8.92. The lowest BCUT2D eigenvalue weighted by Crippen LogP contribution is -2.23. The second-order valence-corrected chi connectivity index (χ2v) is 4.55. The molecule has 25 heavy (non-hydrogen) atoms. The Morgan fingerprint density at radius 2 is 1.52 bits per heavy atom. The third-order valence-corrected chi connectivity index (χ3v) is 3.13. The molecule has 0 saturated carbocycles. The van der Waals surface area contributed by atoms with Crippen LogP contribution in [0.25, 0.3) is 16.6 Å². The van der Waals surface area contributed by atoms with E-state index in [1.165, 1.54) is 11.6 Å². The molecule has 0 aliphatic heterocycles. The largest absolute Gasteiger partial charge is 0.383 e. The molecule has 0 aliphatic carbocycles. The Bertz CT molecular complexity index is 817. The zero-order valence-corrected chi connectivity index (χ0v) is 16.2.